The standard InChI is InChI=1S/C16H24BrN5O2S/c1-11(2)24-15-13(17)8-12(9-14(15)23-4)10-18-6-5-7-25-16-19-20-21-22(16)3/h8-9,11,18H,5-7,10H2,1-4H3. The van der Waals surface area contributed by atoms with Crippen LogP contribution in [0.25, 0.3) is 0 Å². The van der Waals surface area contributed by atoms with Crippen molar-refractivity contribution in [2.75, 3.05) is 19.4 Å². The molecule has 0 aliphatic heterocycles. The van der Waals surface area contributed by atoms with Crippen molar-refractivity contribution in [3.05, 3.63) is 22.2 Å². The number of hydrogen-bond acceptors (Lipinski definition) is 7. The second-order valence-corrected chi connectivity index (χ2v) is 7.66. The van der Waals surface area contributed by atoms with Crippen molar-refractivity contribution in [3.63, 3.8) is 0 Å². The number of benzene rings is 1. The molecule has 0 aliphatic rings. The molecule has 1 N–H and O–H groups in total. The van der Waals surface area contributed by atoms with Crippen molar-refractivity contribution >= 4 is 27.7 Å². The van der Waals surface area contributed by atoms with Crippen LogP contribution in [0.1, 0.15) is 25.8 Å². The maximum atomic E-state index is 5.81. The Morgan fingerprint density at radius 2 is 2.16 bits per heavy atom. The summed E-state index contributed by atoms with van der Waals surface area (Å²) >= 11 is 5.23. The second-order valence-electron chi connectivity index (χ2n) is 5.74. The number of aromatic nitrogens is 4. The summed E-state index contributed by atoms with van der Waals surface area (Å²) in [4.78, 5) is 0. The van der Waals surface area contributed by atoms with Crippen LogP contribution in [0.5, 0.6) is 11.5 Å². The topological polar surface area (TPSA) is 74.1 Å². The number of hydrogen-bond donors (Lipinski definition) is 1. The molecule has 0 spiro atoms. The van der Waals surface area contributed by atoms with Crippen molar-refractivity contribution in [1.29, 1.82) is 0 Å². The number of thioether (sulfide) groups is 1. The van der Waals surface area contributed by atoms with Gasteiger partial charge in [-0.25, -0.2) is 4.68 Å². The molecule has 0 aliphatic carbocycles. The van der Waals surface area contributed by atoms with Crippen LogP contribution in [-0.2, 0) is 13.6 Å². The van der Waals surface area contributed by atoms with Crippen LogP contribution in [0.4, 0.5) is 0 Å². The number of ether oxygens (including phenoxy) is 2. The maximum absolute atomic E-state index is 5.81. The summed E-state index contributed by atoms with van der Waals surface area (Å²) in [5.41, 5.74) is 1.14. The van der Waals surface area contributed by atoms with E-state index in [4.69, 9.17) is 9.47 Å². The van der Waals surface area contributed by atoms with Gasteiger partial charge in [0.05, 0.1) is 17.7 Å². The Labute approximate surface area is 161 Å². The van der Waals surface area contributed by atoms with E-state index in [-0.39, 0.29) is 6.10 Å². The molecule has 138 valence electrons. The summed E-state index contributed by atoms with van der Waals surface area (Å²) < 4.78 is 13.9. The number of nitrogens with zero attached hydrogens (tertiary/aromatic N) is 4. The minimum atomic E-state index is 0.0933. The highest BCUT2D eigenvalue weighted by atomic mass is 79.9. The van der Waals surface area contributed by atoms with Crippen LogP contribution in [0, 0.1) is 0 Å². The number of tetrazole rings is 1. The van der Waals surface area contributed by atoms with E-state index in [1.54, 1.807) is 23.6 Å². The summed E-state index contributed by atoms with van der Waals surface area (Å²) in [7, 11) is 3.50. The van der Waals surface area contributed by atoms with Crippen molar-refractivity contribution in [2.24, 2.45) is 7.05 Å². The van der Waals surface area contributed by atoms with Gasteiger partial charge in [0.2, 0.25) is 5.16 Å². The van der Waals surface area contributed by atoms with E-state index in [1.165, 1.54) is 0 Å². The first-order chi connectivity index (χ1) is 12.0. The first-order valence-corrected chi connectivity index (χ1v) is 9.88. The molecule has 0 atom stereocenters. The van der Waals surface area contributed by atoms with Crippen LogP contribution < -0.4 is 14.8 Å². The largest absolute Gasteiger partial charge is 0.493 e. The number of methoxy groups -OCH3 is 1. The third-order valence-electron chi connectivity index (χ3n) is 3.28. The molecule has 0 bridgehead atoms. The van der Waals surface area contributed by atoms with Gasteiger partial charge < -0.3 is 14.8 Å². The zero-order valence-corrected chi connectivity index (χ0v) is 17.4. The van der Waals surface area contributed by atoms with Crippen molar-refractivity contribution < 1.29 is 9.47 Å². The Balaban J connectivity index is 1.78. The van der Waals surface area contributed by atoms with E-state index in [1.807, 2.05) is 27.0 Å². The molecule has 1 aromatic carbocycles. The molecule has 0 fully saturated rings. The summed E-state index contributed by atoms with van der Waals surface area (Å²) in [6.07, 6.45) is 1.13. The van der Waals surface area contributed by atoms with Crippen LogP contribution >= 0.6 is 27.7 Å². The first-order valence-electron chi connectivity index (χ1n) is 8.10. The summed E-state index contributed by atoms with van der Waals surface area (Å²) in [5.74, 6) is 2.45. The third kappa shape index (κ3) is 6.16. The van der Waals surface area contributed by atoms with Gasteiger partial charge in [-0.1, -0.05) is 11.8 Å². The number of nitrogens with one attached hydrogen (secondary N) is 1. The lowest BCUT2D eigenvalue weighted by Gasteiger charge is -2.16. The highest BCUT2D eigenvalue weighted by Gasteiger charge is 2.13. The zero-order valence-electron chi connectivity index (χ0n) is 15.0. The minimum Gasteiger partial charge on any atom is -0.493 e. The Morgan fingerprint density at radius 1 is 1.36 bits per heavy atom. The van der Waals surface area contributed by atoms with E-state index in [9.17, 15) is 0 Å². The molecule has 25 heavy (non-hydrogen) atoms. The normalized spacial score (nSPS) is 11.1. The fourth-order valence-electron chi connectivity index (χ4n) is 2.16. The van der Waals surface area contributed by atoms with Gasteiger partial charge in [0, 0.05) is 19.3 Å². The molecule has 9 heteroatoms. The van der Waals surface area contributed by atoms with Gasteiger partial charge in [-0.2, -0.15) is 0 Å². The Morgan fingerprint density at radius 3 is 2.80 bits per heavy atom. The molecule has 0 saturated heterocycles. The molecule has 0 unspecified atom stereocenters. The van der Waals surface area contributed by atoms with Gasteiger partial charge in [0.1, 0.15) is 0 Å². The van der Waals surface area contributed by atoms with Crippen molar-refractivity contribution in [2.45, 2.75) is 38.1 Å². The quantitative estimate of drug-likeness (QED) is 0.459. The van der Waals surface area contributed by atoms with E-state index in [0.717, 1.165) is 52.0 Å². The Hall–Kier alpha value is -1.32. The molecule has 1 aromatic heterocycles. The van der Waals surface area contributed by atoms with Crippen LogP contribution in [0.2, 0.25) is 0 Å². The average Bonchev–Trinajstić information content (AvgIpc) is 2.97. The fraction of sp³-hybridized carbons (Fsp3) is 0.562. The average molecular weight is 430 g/mol. The Kier molecular flexibility index (Phi) is 7.98. The molecule has 0 amide bonds. The smallest absolute Gasteiger partial charge is 0.209 e. The highest BCUT2D eigenvalue weighted by molar-refractivity contribution is 9.10. The zero-order chi connectivity index (χ0) is 18.2. The molecule has 7 nitrogen and oxygen atoms in total. The number of rotatable bonds is 10. The molecule has 0 saturated carbocycles. The molecule has 1 heterocycles. The predicted octanol–water partition coefficient (Wildman–Crippen LogP) is 3.04. The van der Waals surface area contributed by atoms with E-state index in [0.29, 0.717) is 0 Å². The third-order valence-corrected chi connectivity index (χ3v) is 4.97. The minimum absolute atomic E-state index is 0.0933. The SMILES string of the molecule is COc1cc(CNCCCSc2nnnn2C)cc(Br)c1OC(C)C. The monoisotopic (exact) mass is 429 g/mol. The lowest BCUT2D eigenvalue weighted by Crippen LogP contribution is -2.16. The molecule has 2 rings (SSSR count). The van der Waals surface area contributed by atoms with Crippen molar-refractivity contribution in [1.82, 2.24) is 25.5 Å². The van der Waals surface area contributed by atoms with Gasteiger partial charge >= 0.3 is 0 Å². The van der Waals surface area contributed by atoms with E-state index >= 15 is 0 Å². The van der Waals surface area contributed by atoms with Crippen LogP contribution in [0.3, 0.4) is 0 Å². The van der Waals surface area contributed by atoms with Gasteiger partial charge in [-0.15, -0.1) is 5.10 Å². The first kappa shape index (κ1) is 20.0. The summed E-state index contributed by atoms with van der Waals surface area (Å²) in [5, 5.41) is 15.7. The maximum Gasteiger partial charge on any atom is 0.209 e. The number of halogens is 1. The van der Waals surface area contributed by atoms with Gasteiger partial charge in [-0.05, 0) is 70.9 Å². The lowest BCUT2D eigenvalue weighted by atomic mass is 10.2. The Bertz CT molecular complexity index is 681. The van der Waals surface area contributed by atoms with Gasteiger partial charge in [-0.3, -0.25) is 0 Å². The molecule has 2 aromatic rings. The summed E-state index contributed by atoms with van der Waals surface area (Å²) in [6, 6.07) is 4.07. The van der Waals surface area contributed by atoms with Crippen molar-refractivity contribution in [3.8, 4) is 11.5 Å². The van der Waals surface area contributed by atoms with Gasteiger partial charge in [0.25, 0.3) is 0 Å². The fourth-order valence-corrected chi connectivity index (χ4v) is 3.53. The van der Waals surface area contributed by atoms with E-state index < -0.39 is 0 Å². The summed E-state index contributed by atoms with van der Waals surface area (Å²) in [6.45, 7) is 5.68. The van der Waals surface area contributed by atoms with E-state index in [2.05, 4.69) is 42.8 Å². The van der Waals surface area contributed by atoms with Crippen LogP contribution in [0.15, 0.2) is 21.8 Å². The second kappa shape index (κ2) is 9.98. The number of aryl methyl sites for hydroxylation is 1. The van der Waals surface area contributed by atoms with Crippen LogP contribution in [-0.4, -0.2) is 45.7 Å². The lowest BCUT2D eigenvalue weighted by molar-refractivity contribution is 0.228. The predicted molar refractivity (Wildman–Crippen MR) is 102 cm³/mol. The highest BCUT2D eigenvalue weighted by Crippen LogP contribution is 2.37. The molecular formula is C16H24BrN5O2S. The van der Waals surface area contributed by atoms with Gasteiger partial charge in [0.15, 0.2) is 11.5 Å². The molecule has 0 radical (unpaired) electrons. The molecular weight excluding hydrogens is 406 g/mol.